The van der Waals surface area contributed by atoms with Crippen LogP contribution in [0.25, 0.3) is 0 Å². The van der Waals surface area contributed by atoms with E-state index < -0.39 is 24.1 Å². The van der Waals surface area contributed by atoms with Gasteiger partial charge in [-0.1, -0.05) is 0 Å². The van der Waals surface area contributed by atoms with E-state index in [2.05, 4.69) is 16.1 Å². The lowest BCUT2D eigenvalue weighted by atomic mass is 10.5. The van der Waals surface area contributed by atoms with Crippen molar-refractivity contribution in [1.82, 2.24) is 0 Å². The SMILES string of the molecule is C=C(OC(=O)CC#N)C(=O)OC. The van der Waals surface area contributed by atoms with Gasteiger partial charge in [-0.2, -0.15) is 5.26 Å². The molecule has 0 aromatic rings. The van der Waals surface area contributed by atoms with Gasteiger partial charge in [0.05, 0.1) is 13.2 Å². The van der Waals surface area contributed by atoms with Gasteiger partial charge in [0, 0.05) is 0 Å². The van der Waals surface area contributed by atoms with Crippen LogP contribution in [-0.4, -0.2) is 19.0 Å². The largest absolute Gasteiger partial charge is 0.463 e. The van der Waals surface area contributed by atoms with Crippen molar-refractivity contribution in [3.05, 3.63) is 12.3 Å². The van der Waals surface area contributed by atoms with Gasteiger partial charge in [0.1, 0.15) is 6.42 Å². The maximum Gasteiger partial charge on any atom is 0.373 e. The predicted molar refractivity (Wildman–Crippen MR) is 37.5 cm³/mol. The zero-order valence-corrected chi connectivity index (χ0v) is 6.49. The maximum atomic E-state index is 10.6. The summed E-state index contributed by atoms with van der Waals surface area (Å²) in [5.74, 6) is -2.08. The van der Waals surface area contributed by atoms with E-state index in [9.17, 15) is 9.59 Å². The minimum atomic E-state index is -0.832. The number of nitriles is 1. The number of nitrogens with zero attached hydrogens (tertiary/aromatic N) is 1. The fraction of sp³-hybridized carbons (Fsp3) is 0.286. The zero-order chi connectivity index (χ0) is 9.56. The van der Waals surface area contributed by atoms with Crippen LogP contribution in [0, 0.1) is 11.3 Å². The van der Waals surface area contributed by atoms with Crippen molar-refractivity contribution in [1.29, 1.82) is 5.26 Å². The second-order valence-electron chi connectivity index (χ2n) is 1.72. The summed E-state index contributed by atoms with van der Waals surface area (Å²) in [5, 5.41) is 8.05. The molecule has 0 bridgehead atoms. The molecule has 0 aromatic heterocycles. The molecule has 0 heterocycles. The lowest BCUT2D eigenvalue weighted by molar-refractivity contribution is -0.149. The molecular formula is C7H7NO4. The average molecular weight is 169 g/mol. The summed E-state index contributed by atoms with van der Waals surface area (Å²) in [6.07, 6.45) is -0.421. The van der Waals surface area contributed by atoms with Crippen molar-refractivity contribution in [3.63, 3.8) is 0 Å². The fourth-order valence-corrected chi connectivity index (χ4v) is 0.394. The molecule has 0 spiro atoms. The van der Waals surface area contributed by atoms with Crippen LogP contribution in [0.1, 0.15) is 6.42 Å². The highest BCUT2D eigenvalue weighted by Crippen LogP contribution is 1.98. The molecule has 0 atom stereocenters. The number of carbonyl (C=O) groups excluding carboxylic acids is 2. The predicted octanol–water partition coefficient (Wildman–Crippen LogP) is 0.130. The van der Waals surface area contributed by atoms with Crippen LogP contribution in [0.3, 0.4) is 0 Å². The number of methoxy groups -OCH3 is 1. The van der Waals surface area contributed by atoms with Crippen molar-refractivity contribution in [2.45, 2.75) is 6.42 Å². The molecule has 0 rings (SSSR count). The summed E-state index contributed by atoms with van der Waals surface area (Å²) < 4.78 is 8.51. The maximum absolute atomic E-state index is 10.6. The van der Waals surface area contributed by atoms with E-state index >= 15 is 0 Å². The van der Waals surface area contributed by atoms with Crippen molar-refractivity contribution in [2.75, 3.05) is 7.11 Å². The number of rotatable bonds is 3. The zero-order valence-electron chi connectivity index (χ0n) is 6.49. The Balaban J connectivity index is 3.95. The topological polar surface area (TPSA) is 76.4 Å². The molecule has 0 N–H and O–H groups in total. The van der Waals surface area contributed by atoms with E-state index in [1.165, 1.54) is 0 Å². The number of carbonyl (C=O) groups is 2. The Bertz CT molecular complexity index is 251. The summed E-state index contributed by atoms with van der Waals surface area (Å²) >= 11 is 0. The van der Waals surface area contributed by atoms with Crippen molar-refractivity contribution < 1.29 is 19.1 Å². The molecule has 0 radical (unpaired) electrons. The standard InChI is InChI=1S/C7H7NO4/c1-5(7(10)11-2)12-6(9)3-4-8/h1,3H2,2H3. The molecule has 0 saturated carbocycles. The van der Waals surface area contributed by atoms with Crippen LogP contribution in [-0.2, 0) is 19.1 Å². The summed E-state index contributed by atoms with van der Waals surface area (Å²) in [4.78, 5) is 21.1. The Morgan fingerprint density at radius 3 is 2.58 bits per heavy atom. The molecule has 0 aromatic carbocycles. The van der Waals surface area contributed by atoms with Crippen LogP contribution in [0.15, 0.2) is 12.3 Å². The van der Waals surface area contributed by atoms with E-state index in [4.69, 9.17) is 5.26 Å². The highest BCUT2D eigenvalue weighted by molar-refractivity contribution is 5.89. The number of esters is 2. The second-order valence-corrected chi connectivity index (χ2v) is 1.72. The lowest BCUT2D eigenvalue weighted by Gasteiger charge is -2.01. The smallest absolute Gasteiger partial charge is 0.373 e. The van der Waals surface area contributed by atoms with Crippen molar-refractivity contribution >= 4 is 11.9 Å². The molecule has 0 fully saturated rings. The first-order valence-corrected chi connectivity index (χ1v) is 2.96. The number of hydrogen-bond donors (Lipinski definition) is 0. The van der Waals surface area contributed by atoms with Crippen LogP contribution >= 0.6 is 0 Å². The summed E-state index contributed by atoms with van der Waals surface area (Å²) in [6.45, 7) is 3.12. The summed E-state index contributed by atoms with van der Waals surface area (Å²) in [6, 6.07) is 1.56. The third-order valence-electron chi connectivity index (χ3n) is 0.873. The third-order valence-corrected chi connectivity index (χ3v) is 0.873. The quantitative estimate of drug-likeness (QED) is 0.341. The van der Waals surface area contributed by atoms with Gasteiger partial charge >= 0.3 is 11.9 Å². The first-order chi connectivity index (χ1) is 5.61. The molecule has 5 nitrogen and oxygen atoms in total. The van der Waals surface area contributed by atoms with Gasteiger partial charge in [0.2, 0.25) is 5.76 Å². The summed E-state index contributed by atoms with van der Waals surface area (Å²) in [5.41, 5.74) is 0. The Labute approximate surface area is 69.2 Å². The highest BCUT2D eigenvalue weighted by atomic mass is 16.6. The Morgan fingerprint density at radius 1 is 1.58 bits per heavy atom. The van der Waals surface area contributed by atoms with Gasteiger partial charge in [-0.15, -0.1) is 0 Å². The van der Waals surface area contributed by atoms with Crippen LogP contribution in [0.5, 0.6) is 0 Å². The number of ether oxygens (including phenoxy) is 2. The van der Waals surface area contributed by atoms with Crippen molar-refractivity contribution in [3.8, 4) is 6.07 Å². The van der Waals surface area contributed by atoms with Gasteiger partial charge in [0.15, 0.2) is 0 Å². The third kappa shape index (κ3) is 3.37. The van der Waals surface area contributed by atoms with E-state index in [1.807, 2.05) is 0 Å². The molecular weight excluding hydrogens is 162 g/mol. The van der Waals surface area contributed by atoms with Crippen LogP contribution in [0.4, 0.5) is 0 Å². The fourth-order valence-electron chi connectivity index (χ4n) is 0.394. The monoisotopic (exact) mass is 169 g/mol. The van der Waals surface area contributed by atoms with E-state index in [0.717, 1.165) is 7.11 Å². The van der Waals surface area contributed by atoms with Gasteiger partial charge in [-0.05, 0) is 6.58 Å². The molecule has 12 heavy (non-hydrogen) atoms. The van der Waals surface area contributed by atoms with Gasteiger partial charge < -0.3 is 9.47 Å². The molecule has 0 unspecified atom stereocenters. The van der Waals surface area contributed by atoms with Crippen molar-refractivity contribution in [2.24, 2.45) is 0 Å². The van der Waals surface area contributed by atoms with Crippen LogP contribution in [0.2, 0.25) is 0 Å². The lowest BCUT2D eigenvalue weighted by Crippen LogP contribution is -2.11. The van der Waals surface area contributed by atoms with E-state index in [-0.39, 0.29) is 0 Å². The van der Waals surface area contributed by atoms with Gasteiger partial charge in [-0.3, -0.25) is 4.79 Å². The summed E-state index contributed by atoms with van der Waals surface area (Å²) in [7, 11) is 1.13. The Morgan fingerprint density at radius 2 is 2.17 bits per heavy atom. The van der Waals surface area contributed by atoms with Crippen LogP contribution < -0.4 is 0 Å². The van der Waals surface area contributed by atoms with E-state index in [0.29, 0.717) is 0 Å². The molecule has 0 aliphatic carbocycles. The Kier molecular flexibility index (Phi) is 4.16. The molecule has 0 saturated heterocycles. The first kappa shape index (κ1) is 10.2. The Hall–Kier alpha value is -1.83. The minimum absolute atomic E-state index is 0.419. The van der Waals surface area contributed by atoms with E-state index in [1.54, 1.807) is 6.07 Å². The molecule has 0 aliphatic rings. The number of hydrogen-bond acceptors (Lipinski definition) is 5. The molecule has 5 heteroatoms. The molecule has 0 amide bonds. The average Bonchev–Trinajstić information content (AvgIpc) is 2.03. The normalized spacial score (nSPS) is 8.00. The van der Waals surface area contributed by atoms with Gasteiger partial charge in [0.25, 0.3) is 0 Å². The second kappa shape index (κ2) is 4.91. The highest BCUT2D eigenvalue weighted by Gasteiger charge is 2.12. The molecule has 64 valence electrons. The van der Waals surface area contributed by atoms with Gasteiger partial charge in [-0.25, -0.2) is 4.79 Å². The minimum Gasteiger partial charge on any atom is -0.463 e. The first-order valence-electron chi connectivity index (χ1n) is 2.96. The molecule has 0 aliphatic heterocycles.